The van der Waals surface area contributed by atoms with Crippen LogP contribution in [-0.2, 0) is 0 Å². The molecule has 0 aromatic carbocycles. The topological polar surface area (TPSA) is 20.2 Å². The van der Waals surface area contributed by atoms with E-state index in [-0.39, 0.29) is 5.76 Å². The molecule has 1 nitrogen and oxygen atoms in total. The molecule has 116 valence electrons. The molecule has 0 heterocycles. The molecule has 0 bridgehead atoms. The van der Waals surface area contributed by atoms with Crippen LogP contribution in [0.25, 0.3) is 0 Å². The predicted molar refractivity (Wildman–Crippen MR) is 99.8 cm³/mol. The lowest BCUT2D eigenvalue weighted by Crippen LogP contribution is -1.89. The summed E-state index contributed by atoms with van der Waals surface area (Å²) in [5, 5.41) is 9.06. The SMILES string of the molecule is C=C(O)/C=C\C(=C)C(=C)/C(C)=C\C(=C)C(=C)/C=C\C(=C)CC. The third kappa shape index (κ3) is 7.30. The molecule has 0 rings (SSSR count). The highest BCUT2D eigenvalue weighted by atomic mass is 16.3. The monoisotopic (exact) mass is 294 g/mol. The molecule has 22 heavy (non-hydrogen) atoms. The fourth-order valence-corrected chi connectivity index (χ4v) is 1.44. The van der Waals surface area contributed by atoms with Gasteiger partial charge in [-0.1, -0.05) is 76.3 Å². The zero-order valence-corrected chi connectivity index (χ0v) is 13.8. The average Bonchev–Trinajstić information content (AvgIpc) is 2.48. The van der Waals surface area contributed by atoms with Gasteiger partial charge in [-0.2, -0.15) is 0 Å². The van der Waals surface area contributed by atoms with Gasteiger partial charge >= 0.3 is 0 Å². The van der Waals surface area contributed by atoms with E-state index in [9.17, 15) is 0 Å². The van der Waals surface area contributed by atoms with E-state index >= 15 is 0 Å². The van der Waals surface area contributed by atoms with E-state index in [2.05, 4.69) is 46.4 Å². The maximum Gasteiger partial charge on any atom is 0.108 e. The number of rotatable bonds is 9. The van der Waals surface area contributed by atoms with Crippen molar-refractivity contribution in [3.05, 3.63) is 109 Å². The van der Waals surface area contributed by atoms with Crippen molar-refractivity contribution in [2.75, 3.05) is 0 Å². The Kier molecular flexibility index (Phi) is 8.32. The van der Waals surface area contributed by atoms with Crippen LogP contribution < -0.4 is 0 Å². The highest BCUT2D eigenvalue weighted by molar-refractivity contribution is 5.53. The molecule has 0 aliphatic rings. The van der Waals surface area contributed by atoms with Crippen LogP contribution in [0.2, 0.25) is 0 Å². The van der Waals surface area contributed by atoms with Crippen molar-refractivity contribution in [1.82, 2.24) is 0 Å². The Hall–Kier alpha value is -2.54. The van der Waals surface area contributed by atoms with Crippen LogP contribution in [0.1, 0.15) is 20.3 Å². The van der Waals surface area contributed by atoms with Crippen LogP contribution in [0.3, 0.4) is 0 Å². The fraction of sp³-hybridized carbons (Fsp3) is 0.143. The summed E-state index contributed by atoms with van der Waals surface area (Å²) in [5.41, 5.74) is 5.09. The summed E-state index contributed by atoms with van der Waals surface area (Å²) in [6.07, 6.45) is 9.82. The second-order valence-corrected chi connectivity index (χ2v) is 5.05. The highest BCUT2D eigenvalue weighted by Crippen LogP contribution is 2.21. The second-order valence-electron chi connectivity index (χ2n) is 5.05. The fourth-order valence-electron chi connectivity index (χ4n) is 1.44. The normalized spacial score (nSPS) is 11.6. The van der Waals surface area contributed by atoms with E-state index < -0.39 is 0 Å². The Morgan fingerprint density at radius 1 is 0.818 bits per heavy atom. The van der Waals surface area contributed by atoms with Gasteiger partial charge in [-0.05, 0) is 47.3 Å². The standard InChI is InChI=1S/C21H26O/c1-9-15(2)10-11-16(3)18(5)14-19(6)21(8)17(4)12-13-20(7)22/h10-14,22H,2-5,7-9H2,1,6H3/b11-10-,13-12-,19-14-. The van der Waals surface area contributed by atoms with Crippen molar-refractivity contribution in [3.8, 4) is 0 Å². The summed E-state index contributed by atoms with van der Waals surface area (Å²) in [5.74, 6) is -0.0188. The lowest BCUT2D eigenvalue weighted by molar-refractivity contribution is 0.435. The van der Waals surface area contributed by atoms with Crippen molar-refractivity contribution in [1.29, 1.82) is 0 Å². The summed E-state index contributed by atoms with van der Waals surface area (Å²) in [7, 11) is 0. The number of hydrogen-bond donors (Lipinski definition) is 1. The van der Waals surface area contributed by atoms with Gasteiger partial charge in [0.2, 0.25) is 0 Å². The molecule has 0 aromatic rings. The number of aliphatic hydroxyl groups is 1. The maximum atomic E-state index is 9.06. The summed E-state index contributed by atoms with van der Waals surface area (Å²) in [6.45, 7) is 27.2. The molecule has 0 saturated carbocycles. The molecule has 0 amide bonds. The Labute approximate surface area is 135 Å². The smallest absolute Gasteiger partial charge is 0.108 e. The molecule has 0 atom stereocenters. The summed E-state index contributed by atoms with van der Waals surface area (Å²) in [4.78, 5) is 0. The van der Waals surface area contributed by atoms with Crippen LogP contribution >= 0.6 is 0 Å². The molecule has 0 aliphatic heterocycles. The molecule has 0 aromatic heterocycles. The van der Waals surface area contributed by atoms with Gasteiger partial charge < -0.3 is 5.11 Å². The first-order chi connectivity index (χ1) is 10.2. The first kappa shape index (κ1) is 19.5. The van der Waals surface area contributed by atoms with Crippen molar-refractivity contribution in [3.63, 3.8) is 0 Å². The van der Waals surface area contributed by atoms with Crippen molar-refractivity contribution >= 4 is 0 Å². The van der Waals surface area contributed by atoms with Crippen LogP contribution in [0.4, 0.5) is 0 Å². The minimum absolute atomic E-state index is 0.0188. The summed E-state index contributed by atoms with van der Waals surface area (Å²) in [6, 6.07) is 0. The van der Waals surface area contributed by atoms with Gasteiger partial charge in [-0.15, -0.1) is 0 Å². The van der Waals surface area contributed by atoms with Crippen molar-refractivity contribution in [2.45, 2.75) is 20.3 Å². The van der Waals surface area contributed by atoms with Gasteiger partial charge in [0, 0.05) is 0 Å². The second kappa shape index (κ2) is 9.41. The first-order valence-electron chi connectivity index (χ1n) is 7.05. The zero-order valence-electron chi connectivity index (χ0n) is 13.8. The van der Waals surface area contributed by atoms with Gasteiger partial charge in [0.15, 0.2) is 0 Å². The largest absolute Gasteiger partial charge is 0.509 e. The van der Waals surface area contributed by atoms with Crippen molar-refractivity contribution < 1.29 is 5.11 Å². The predicted octanol–water partition coefficient (Wildman–Crippen LogP) is 6.31. The van der Waals surface area contributed by atoms with E-state index in [1.807, 2.05) is 25.2 Å². The molecule has 0 radical (unpaired) electrons. The van der Waals surface area contributed by atoms with Crippen LogP contribution in [0.15, 0.2) is 109 Å². The third-order valence-corrected chi connectivity index (χ3v) is 3.12. The van der Waals surface area contributed by atoms with E-state index in [1.54, 1.807) is 6.08 Å². The van der Waals surface area contributed by atoms with E-state index in [0.29, 0.717) is 5.57 Å². The number of aliphatic hydroxyl groups excluding tert-OH is 1. The molecule has 0 fully saturated rings. The molecule has 1 heteroatoms. The number of hydrogen-bond acceptors (Lipinski definition) is 1. The lowest BCUT2D eigenvalue weighted by Gasteiger charge is -2.08. The maximum absolute atomic E-state index is 9.06. The minimum Gasteiger partial charge on any atom is -0.509 e. The van der Waals surface area contributed by atoms with Crippen molar-refractivity contribution in [2.24, 2.45) is 0 Å². The Balaban J connectivity index is 4.94. The molecular formula is C21H26O. The number of allylic oxidation sites excluding steroid dienone is 11. The van der Waals surface area contributed by atoms with Crippen LogP contribution in [0, 0.1) is 0 Å². The molecule has 0 unspecified atom stereocenters. The minimum atomic E-state index is -0.0188. The summed E-state index contributed by atoms with van der Waals surface area (Å²) >= 11 is 0. The molecular weight excluding hydrogens is 268 g/mol. The van der Waals surface area contributed by atoms with E-state index in [1.165, 1.54) is 6.08 Å². The van der Waals surface area contributed by atoms with E-state index in [0.717, 1.165) is 34.3 Å². The van der Waals surface area contributed by atoms with Crippen LogP contribution in [0.5, 0.6) is 0 Å². The Morgan fingerprint density at radius 3 is 1.86 bits per heavy atom. The molecule has 1 N–H and O–H groups in total. The van der Waals surface area contributed by atoms with Gasteiger partial charge in [0.05, 0.1) is 0 Å². The quantitative estimate of drug-likeness (QED) is 0.390. The highest BCUT2D eigenvalue weighted by Gasteiger charge is 2.02. The van der Waals surface area contributed by atoms with Gasteiger partial charge in [0.1, 0.15) is 5.76 Å². The zero-order chi connectivity index (χ0) is 17.3. The third-order valence-electron chi connectivity index (χ3n) is 3.12. The molecule has 0 spiro atoms. The first-order valence-corrected chi connectivity index (χ1v) is 7.05. The van der Waals surface area contributed by atoms with E-state index in [4.69, 9.17) is 5.11 Å². The van der Waals surface area contributed by atoms with Gasteiger partial charge in [-0.25, -0.2) is 0 Å². The molecule has 0 saturated heterocycles. The lowest BCUT2D eigenvalue weighted by atomic mass is 9.97. The van der Waals surface area contributed by atoms with Crippen LogP contribution in [-0.4, -0.2) is 5.11 Å². The summed E-state index contributed by atoms with van der Waals surface area (Å²) < 4.78 is 0. The van der Waals surface area contributed by atoms with Gasteiger partial charge in [0.25, 0.3) is 0 Å². The Bertz CT molecular complexity index is 604. The van der Waals surface area contributed by atoms with Gasteiger partial charge in [-0.3, -0.25) is 0 Å². The Morgan fingerprint density at radius 2 is 1.36 bits per heavy atom. The average molecular weight is 294 g/mol. The molecule has 0 aliphatic carbocycles.